The lowest BCUT2D eigenvalue weighted by Crippen LogP contribution is -2.32. The predicted molar refractivity (Wildman–Crippen MR) is 66.3 cm³/mol. The van der Waals surface area contributed by atoms with E-state index in [4.69, 9.17) is 11.6 Å². The Morgan fingerprint density at radius 1 is 1.27 bits per heavy atom. The first-order chi connectivity index (χ1) is 6.87. The van der Waals surface area contributed by atoms with Gasteiger partial charge < -0.3 is 5.32 Å². The molecule has 0 aromatic carbocycles. The average molecular weight is 256 g/mol. The van der Waals surface area contributed by atoms with Gasteiger partial charge in [0.15, 0.2) is 9.84 Å². The van der Waals surface area contributed by atoms with Crippen molar-refractivity contribution in [3.8, 4) is 0 Å². The van der Waals surface area contributed by atoms with E-state index in [-0.39, 0.29) is 22.9 Å². The lowest BCUT2D eigenvalue weighted by molar-refractivity contribution is 0.523. The van der Waals surface area contributed by atoms with E-state index in [2.05, 4.69) is 5.32 Å². The molecule has 0 saturated heterocycles. The molecule has 2 unspecified atom stereocenters. The number of hydrogen-bond donors (Lipinski definition) is 1. The van der Waals surface area contributed by atoms with Crippen LogP contribution in [0.25, 0.3) is 0 Å². The van der Waals surface area contributed by atoms with Gasteiger partial charge in [-0.2, -0.15) is 0 Å². The van der Waals surface area contributed by atoms with Crippen LogP contribution in [0.5, 0.6) is 0 Å². The standard InChI is InChI=1S/C10H22ClNO2S/c1-4-6-15(13,14)7-5-12-10(3)8-9(2)11/h9-10,12H,4-8H2,1-3H3. The fourth-order valence-electron chi connectivity index (χ4n) is 1.44. The second-order valence-electron chi connectivity index (χ2n) is 4.02. The summed E-state index contributed by atoms with van der Waals surface area (Å²) in [6.45, 7) is 6.36. The molecule has 0 aromatic heterocycles. The van der Waals surface area contributed by atoms with Crippen molar-refractivity contribution in [1.29, 1.82) is 0 Å². The van der Waals surface area contributed by atoms with Gasteiger partial charge in [0.25, 0.3) is 0 Å². The van der Waals surface area contributed by atoms with Gasteiger partial charge in [0.05, 0.1) is 5.75 Å². The lowest BCUT2D eigenvalue weighted by Gasteiger charge is -2.14. The van der Waals surface area contributed by atoms with Gasteiger partial charge >= 0.3 is 0 Å². The van der Waals surface area contributed by atoms with E-state index in [1.54, 1.807) is 0 Å². The second kappa shape index (κ2) is 7.47. The van der Waals surface area contributed by atoms with Crippen LogP contribution in [-0.4, -0.2) is 37.9 Å². The van der Waals surface area contributed by atoms with Crippen LogP contribution in [0.4, 0.5) is 0 Å². The van der Waals surface area contributed by atoms with Crippen LogP contribution >= 0.6 is 11.6 Å². The van der Waals surface area contributed by atoms with Crippen molar-refractivity contribution in [3.63, 3.8) is 0 Å². The van der Waals surface area contributed by atoms with Gasteiger partial charge in [0, 0.05) is 23.7 Å². The second-order valence-corrected chi connectivity index (χ2v) is 7.07. The molecule has 92 valence electrons. The highest BCUT2D eigenvalue weighted by Gasteiger charge is 2.10. The minimum absolute atomic E-state index is 0.125. The lowest BCUT2D eigenvalue weighted by atomic mass is 10.2. The van der Waals surface area contributed by atoms with E-state index in [1.165, 1.54) is 0 Å². The highest BCUT2D eigenvalue weighted by Crippen LogP contribution is 2.03. The van der Waals surface area contributed by atoms with E-state index in [0.717, 1.165) is 6.42 Å². The third kappa shape index (κ3) is 9.15. The molecule has 0 aromatic rings. The molecule has 0 heterocycles. The maximum Gasteiger partial charge on any atom is 0.151 e. The maximum absolute atomic E-state index is 11.4. The van der Waals surface area contributed by atoms with E-state index in [0.29, 0.717) is 13.0 Å². The van der Waals surface area contributed by atoms with Gasteiger partial charge in [-0.1, -0.05) is 6.92 Å². The zero-order valence-corrected chi connectivity index (χ0v) is 11.4. The Labute approximate surface area is 98.5 Å². The van der Waals surface area contributed by atoms with E-state index in [1.807, 2.05) is 20.8 Å². The topological polar surface area (TPSA) is 46.2 Å². The fraction of sp³-hybridized carbons (Fsp3) is 1.00. The molecule has 0 bridgehead atoms. The van der Waals surface area contributed by atoms with Gasteiger partial charge in [0.2, 0.25) is 0 Å². The number of halogens is 1. The van der Waals surface area contributed by atoms with Crippen LogP contribution in [-0.2, 0) is 9.84 Å². The van der Waals surface area contributed by atoms with Crippen molar-refractivity contribution in [2.24, 2.45) is 0 Å². The summed E-state index contributed by atoms with van der Waals surface area (Å²) in [4.78, 5) is 0. The summed E-state index contributed by atoms with van der Waals surface area (Å²) in [5, 5.41) is 3.29. The van der Waals surface area contributed by atoms with E-state index < -0.39 is 9.84 Å². The maximum atomic E-state index is 11.4. The number of alkyl halides is 1. The zero-order valence-electron chi connectivity index (χ0n) is 9.79. The Morgan fingerprint density at radius 3 is 2.33 bits per heavy atom. The normalized spacial score (nSPS) is 16.3. The Hall–Kier alpha value is 0.200. The minimum atomic E-state index is -2.85. The van der Waals surface area contributed by atoms with Crippen molar-refractivity contribution < 1.29 is 8.42 Å². The first kappa shape index (κ1) is 15.2. The fourth-order valence-corrected chi connectivity index (χ4v) is 2.97. The Morgan fingerprint density at radius 2 is 1.87 bits per heavy atom. The molecule has 0 fully saturated rings. The average Bonchev–Trinajstić information content (AvgIpc) is 2.01. The van der Waals surface area contributed by atoms with Crippen LogP contribution in [0.15, 0.2) is 0 Å². The van der Waals surface area contributed by atoms with Crippen LogP contribution in [0.2, 0.25) is 0 Å². The summed E-state index contributed by atoms with van der Waals surface area (Å²) >= 11 is 5.83. The molecule has 3 nitrogen and oxygen atoms in total. The highest BCUT2D eigenvalue weighted by molar-refractivity contribution is 7.91. The highest BCUT2D eigenvalue weighted by atomic mass is 35.5. The van der Waals surface area contributed by atoms with E-state index >= 15 is 0 Å². The van der Waals surface area contributed by atoms with Crippen molar-refractivity contribution in [2.45, 2.75) is 45.0 Å². The molecule has 0 amide bonds. The summed E-state index contributed by atoms with van der Waals surface area (Å²) in [6.07, 6.45) is 1.55. The Kier molecular flexibility index (Phi) is 7.57. The minimum Gasteiger partial charge on any atom is -0.313 e. The Bertz CT molecular complexity index is 252. The SMILES string of the molecule is CCCS(=O)(=O)CCNC(C)CC(C)Cl. The monoisotopic (exact) mass is 255 g/mol. The van der Waals surface area contributed by atoms with Crippen LogP contribution < -0.4 is 5.32 Å². The molecular weight excluding hydrogens is 234 g/mol. The third-order valence-electron chi connectivity index (χ3n) is 2.10. The van der Waals surface area contributed by atoms with Crippen molar-refractivity contribution in [2.75, 3.05) is 18.1 Å². The van der Waals surface area contributed by atoms with E-state index in [9.17, 15) is 8.42 Å². The van der Waals surface area contributed by atoms with Crippen molar-refractivity contribution in [1.82, 2.24) is 5.32 Å². The van der Waals surface area contributed by atoms with Gasteiger partial charge in [0.1, 0.15) is 0 Å². The van der Waals surface area contributed by atoms with Crippen LogP contribution in [0, 0.1) is 0 Å². The summed E-state index contributed by atoms with van der Waals surface area (Å²) in [6, 6.07) is 0.273. The predicted octanol–water partition coefficient (Wildman–Crippen LogP) is 1.81. The number of sulfone groups is 1. The molecule has 0 radical (unpaired) electrons. The third-order valence-corrected chi connectivity index (χ3v) is 4.13. The summed E-state index contributed by atoms with van der Waals surface area (Å²) in [5.41, 5.74) is 0. The van der Waals surface area contributed by atoms with Gasteiger partial charge in [-0.3, -0.25) is 0 Å². The summed E-state index contributed by atoms with van der Waals surface area (Å²) in [5.74, 6) is 0.511. The summed E-state index contributed by atoms with van der Waals surface area (Å²) in [7, 11) is -2.85. The molecule has 0 aliphatic rings. The van der Waals surface area contributed by atoms with Gasteiger partial charge in [-0.05, 0) is 26.7 Å². The number of nitrogens with one attached hydrogen (secondary N) is 1. The molecule has 1 N–H and O–H groups in total. The summed E-state index contributed by atoms with van der Waals surface area (Å²) < 4.78 is 22.7. The number of hydrogen-bond acceptors (Lipinski definition) is 3. The zero-order chi connectivity index (χ0) is 11.9. The molecule has 15 heavy (non-hydrogen) atoms. The van der Waals surface area contributed by atoms with Crippen molar-refractivity contribution in [3.05, 3.63) is 0 Å². The molecular formula is C10H22ClNO2S. The van der Waals surface area contributed by atoms with Crippen LogP contribution in [0.3, 0.4) is 0 Å². The van der Waals surface area contributed by atoms with Gasteiger partial charge in [-0.15, -0.1) is 11.6 Å². The van der Waals surface area contributed by atoms with Gasteiger partial charge in [-0.25, -0.2) is 8.42 Å². The first-order valence-electron chi connectivity index (χ1n) is 5.45. The molecule has 2 atom stereocenters. The number of rotatable bonds is 8. The molecule has 0 aliphatic carbocycles. The van der Waals surface area contributed by atoms with Crippen LogP contribution in [0.1, 0.15) is 33.6 Å². The molecule has 0 spiro atoms. The largest absolute Gasteiger partial charge is 0.313 e. The molecule has 0 saturated carbocycles. The Balaban J connectivity index is 3.70. The molecule has 0 aliphatic heterocycles. The van der Waals surface area contributed by atoms with Crippen molar-refractivity contribution >= 4 is 21.4 Å². The smallest absolute Gasteiger partial charge is 0.151 e. The molecule has 5 heteroatoms. The molecule has 0 rings (SSSR count). The quantitative estimate of drug-likeness (QED) is 0.673. The first-order valence-corrected chi connectivity index (χ1v) is 7.71.